The first kappa shape index (κ1) is 14.0. The molecule has 0 aliphatic rings. The van der Waals surface area contributed by atoms with Crippen molar-refractivity contribution in [3.63, 3.8) is 0 Å². The highest BCUT2D eigenvalue weighted by atomic mass is 79.9. The van der Waals surface area contributed by atoms with Crippen LogP contribution in [0.1, 0.15) is 16.1 Å². The van der Waals surface area contributed by atoms with E-state index >= 15 is 0 Å². The summed E-state index contributed by atoms with van der Waals surface area (Å²) in [6.45, 7) is 0.530. The van der Waals surface area contributed by atoms with Crippen LogP contribution in [0.3, 0.4) is 0 Å². The van der Waals surface area contributed by atoms with Gasteiger partial charge in [0.15, 0.2) is 0 Å². The Morgan fingerprint density at radius 2 is 2.16 bits per heavy atom. The summed E-state index contributed by atoms with van der Waals surface area (Å²) in [4.78, 5) is 17.8. The molecule has 1 aromatic carbocycles. The van der Waals surface area contributed by atoms with Gasteiger partial charge in [-0.05, 0) is 29.8 Å². The number of pyridine rings is 1. The normalized spacial score (nSPS) is 10.3. The van der Waals surface area contributed by atoms with Crippen molar-refractivity contribution in [3.05, 3.63) is 63.3 Å². The molecule has 1 aromatic heterocycles. The van der Waals surface area contributed by atoms with Gasteiger partial charge in [-0.3, -0.25) is 4.79 Å². The first-order valence-corrected chi connectivity index (χ1v) is 6.85. The van der Waals surface area contributed by atoms with Crippen LogP contribution >= 0.6 is 27.5 Å². The smallest absolute Gasteiger partial charge is 0.272 e. The Morgan fingerprint density at radius 1 is 1.37 bits per heavy atom. The van der Waals surface area contributed by atoms with Gasteiger partial charge in [0, 0.05) is 24.3 Å². The molecule has 0 aliphatic heterocycles. The fourth-order valence-electron chi connectivity index (χ4n) is 1.68. The Balaban J connectivity index is 2.09. The topological polar surface area (TPSA) is 33.2 Å². The van der Waals surface area contributed by atoms with E-state index in [1.807, 2.05) is 24.3 Å². The van der Waals surface area contributed by atoms with E-state index in [1.165, 1.54) is 6.20 Å². The quantitative estimate of drug-likeness (QED) is 0.853. The molecule has 5 heteroatoms. The van der Waals surface area contributed by atoms with Crippen LogP contribution < -0.4 is 0 Å². The summed E-state index contributed by atoms with van der Waals surface area (Å²) in [6, 6.07) is 11.1. The Bertz CT molecular complexity index is 586. The molecule has 0 unspecified atom stereocenters. The molecule has 19 heavy (non-hydrogen) atoms. The highest BCUT2D eigenvalue weighted by Gasteiger charge is 2.13. The van der Waals surface area contributed by atoms with E-state index < -0.39 is 0 Å². The van der Waals surface area contributed by atoms with Gasteiger partial charge in [-0.15, -0.1) is 0 Å². The van der Waals surface area contributed by atoms with Gasteiger partial charge in [0.1, 0.15) is 5.69 Å². The van der Waals surface area contributed by atoms with Crippen molar-refractivity contribution in [2.75, 3.05) is 7.05 Å². The summed E-state index contributed by atoms with van der Waals surface area (Å²) in [5.41, 5.74) is 1.45. The van der Waals surface area contributed by atoms with Crippen LogP contribution in [0.2, 0.25) is 5.02 Å². The van der Waals surface area contributed by atoms with Gasteiger partial charge < -0.3 is 4.90 Å². The Labute approximate surface area is 125 Å². The van der Waals surface area contributed by atoms with Crippen LogP contribution in [0.15, 0.2) is 47.1 Å². The minimum atomic E-state index is -0.128. The summed E-state index contributed by atoms with van der Waals surface area (Å²) in [6.07, 6.45) is 1.47. The van der Waals surface area contributed by atoms with Gasteiger partial charge >= 0.3 is 0 Å². The summed E-state index contributed by atoms with van der Waals surface area (Å²) in [5, 5.41) is 0.520. The molecule has 0 spiro atoms. The van der Waals surface area contributed by atoms with Gasteiger partial charge in [-0.2, -0.15) is 0 Å². The zero-order valence-electron chi connectivity index (χ0n) is 10.3. The third kappa shape index (κ3) is 3.78. The second kappa shape index (κ2) is 6.17. The van der Waals surface area contributed by atoms with Crippen molar-refractivity contribution in [1.29, 1.82) is 0 Å². The van der Waals surface area contributed by atoms with Gasteiger partial charge in [-0.25, -0.2) is 4.98 Å². The van der Waals surface area contributed by atoms with Crippen molar-refractivity contribution in [1.82, 2.24) is 9.88 Å². The molecule has 2 rings (SSSR count). The Kier molecular flexibility index (Phi) is 4.56. The maximum absolute atomic E-state index is 12.2. The van der Waals surface area contributed by atoms with E-state index in [-0.39, 0.29) is 5.91 Å². The van der Waals surface area contributed by atoms with E-state index in [0.29, 0.717) is 17.3 Å². The van der Waals surface area contributed by atoms with Crippen molar-refractivity contribution in [2.24, 2.45) is 0 Å². The van der Waals surface area contributed by atoms with E-state index in [2.05, 4.69) is 20.9 Å². The molecule has 0 N–H and O–H groups in total. The standard InChI is InChI=1S/C14H12BrClN2O/c1-18(9-10-3-2-4-11(15)7-10)14(19)13-6-5-12(16)8-17-13/h2-8H,9H2,1H3. The number of aromatic nitrogens is 1. The lowest BCUT2D eigenvalue weighted by atomic mass is 10.2. The molecular weight excluding hydrogens is 328 g/mol. The molecule has 3 nitrogen and oxygen atoms in total. The fraction of sp³-hybridized carbons (Fsp3) is 0.143. The second-order valence-corrected chi connectivity index (χ2v) is 5.50. The number of carbonyl (C=O) groups excluding carboxylic acids is 1. The van der Waals surface area contributed by atoms with Crippen LogP contribution in [0.25, 0.3) is 0 Å². The summed E-state index contributed by atoms with van der Waals surface area (Å²) in [7, 11) is 1.75. The lowest BCUT2D eigenvalue weighted by molar-refractivity contribution is 0.0779. The molecule has 98 valence electrons. The average Bonchev–Trinajstić information content (AvgIpc) is 2.39. The molecule has 0 aliphatic carbocycles. The van der Waals surface area contributed by atoms with Crippen molar-refractivity contribution >= 4 is 33.4 Å². The van der Waals surface area contributed by atoms with Crippen molar-refractivity contribution in [3.8, 4) is 0 Å². The predicted molar refractivity (Wildman–Crippen MR) is 79.2 cm³/mol. The number of hydrogen-bond acceptors (Lipinski definition) is 2. The minimum Gasteiger partial charge on any atom is -0.336 e. The summed E-state index contributed by atoms with van der Waals surface area (Å²) < 4.78 is 0.996. The van der Waals surface area contributed by atoms with Crippen molar-refractivity contribution < 1.29 is 4.79 Å². The summed E-state index contributed by atoms with van der Waals surface area (Å²) >= 11 is 9.16. The molecule has 2 aromatic rings. The van der Waals surface area contributed by atoms with E-state index in [4.69, 9.17) is 11.6 Å². The maximum atomic E-state index is 12.2. The molecule has 0 atom stereocenters. The fourth-order valence-corrected chi connectivity index (χ4v) is 2.24. The van der Waals surface area contributed by atoms with Crippen LogP contribution in [0.4, 0.5) is 0 Å². The highest BCUT2D eigenvalue weighted by Crippen LogP contribution is 2.14. The minimum absolute atomic E-state index is 0.128. The SMILES string of the molecule is CN(Cc1cccc(Br)c1)C(=O)c1ccc(Cl)cn1. The molecule has 1 heterocycles. The molecule has 0 saturated carbocycles. The molecule has 0 radical (unpaired) electrons. The van der Waals surface area contributed by atoms with Gasteiger partial charge in [-0.1, -0.05) is 39.7 Å². The molecule has 0 bridgehead atoms. The zero-order chi connectivity index (χ0) is 13.8. The molecular formula is C14H12BrClN2O. The Morgan fingerprint density at radius 3 is 2.79 bits per heavy atom. The van der Waals surface area contributed by atoms with E-state index in [1.54, 1.807) is 24.1 Å². The van der Waals surface area contributed by atoms with Crippen LogP contribution in [0, 0.1) is 0 Å². The third-order valence-corrected chi connectivity index (χ3v) is 3.32. The summed E-state index contributed by atoms with van der Waals surface area (Å²) in [5.74, 6) is -0.128. The highest BCUT2D eigenvalue weighted by molar-refractivity contribution is 9.10. The predicted octanol–water partition coefficient (Wildman–Crippen LogP) is 3.77. The van der Waals surface area contributed by atoms with E-state index in [0.717, 1.165) is 10.0 Å². The number of halogens is 2. The molecule has 1 amide bonds. The van der Waals surface area contributed by atoms with Gasteiger partial charge in [0.05, 0.1) is 5.02 Å². The monoisotopic (exact) mass is 338 g/mol. The van der Waals surface area contributed by atoms with Gasteiger partial charge in [0.2, 0.25) is 0 Å². The average molecular weight is 340 g/mol. The van der Waals surface area contributed by atoms with Crippen LogP contribution in [0.5, 0.6) is 0 Å². The zero-order valence-corrected chi connectivity index (χ0v) is 12.6. The first-order valence-electron chi connectivity index (χ1n) is 5.68. The van der Waals surface area contributed by atoms with Crippen molar-refractivity contribution in [2.45, 2.75) is 6.54 Å². The first-order chi connectivity index (χ1) is 9.06. The van der Waals surface area contributed by atoms with Crippen LogP contribution in [-0.2, 0) is 6.54 Å². The number of nitrogens with zero attached hydrogens (tertiary/aromatic N) is 2. The van der Waals surface area contributed by atoms with Crippen LogP contribution in [-0.4, -0.2) is 22.8 Å². The Hall–Kier alpha value is -1.39. The molecule has 0 saturated heterocycles. The number of rotatable bonds is 3. The largest absolute Gasteiger partial charge is 0.336 e. The lowest BCUT2D eigenvalue weighted by Crippen LogP contribution is -2.26. The third-order valence-electron chi connectivity index (χ3n) is 2.60. The number of benzene rings is 1. The number of carbonyl (C=O) groups is 1. The second-order valence-electron chi connectivity index (χ2n) is 4.15. The number of amides is 1. The number of hydrogen-bond donors (Lipinski definition) is 0. The maximum Gasteiger partial charge on any atom is 0.272 e. The van der Waals surface area contributed by atoms with E-state index in [9.17, 15) is 4.79 Å². The molecule has 0 fully saturated rings. The lowest BCUT2D eigenvalue weighted by Gasteiger charge is -2.17. The van der Waals surface area contributed by atoms with Gasteiger partial charge in [0.25, 0.3) is 5.91 Å².